The van der Waals surface area contributed by atoms with Crippen LogP contribution in [0.1, 0.15) is 48.6 Å². The van der Waals surface area contributed by atoms with Crippen molar-refractivity contribution in [2.75, 3.05) is 35.7 Å². The molecule has 0 radical (unpaired) electrons. The second-order valence-corrected chi connectivity index (χ2v) is 10.9. The highest BCUT2D eigenvalue weighted by atomic mass is 35.5. The maximum absolute atomic E-state index is 15.3. The van der Waals surface area contributed by atoms with Gasteiger partial charge in [0.2, 0.25) is 0 Å². The molecule has 1 saturated heterocycles. The Bertz CT molecular complexity index is 1130. The number of hydrogen-bond acceptors (Lipinski definition) is 8. The Morgan fingerprint density at radius 2 is 2.15 bits per heavy atom. The van der Waals surface area contributed by atoms with Crippen molar-refractivity contribution in [1.82, 2.24) is 15.0 Å². The Kier molecular flexibility index (Phi) is 5.97. The zero-order chi connectivity index (χ0) is 23.2. The lowest BCUT2D eigenvalue weighted by Gasteiger charge is -2.42. The third kappa shape index (κ3) is 3.96. The zero-order valence-electron chi connectivity index (χ0n) is 17.9. The number of aliphatic hydroxyl groups excluding tert-OH is 1. The van der Waals surface area contributed by atoms with E-state index in [1.54, 1.807) is 4.90 Å². The van der Waals surface area contributed by atoms with Gasteiger partial charge in [-0.2, -0.15) is 5.26 Å². The van der Waals surface area contributed by atoms with E-state index in [0.29, 0.717) is 63.6 Å². The average Bonchev–Trinajstić information content (AvgIpc) is 3.18. The molecular formula is C22H24ClFN6O2S. The van der Waals surface area contributed by atoms with Crippen molar-refractivity contribution >= 4 is 34.0 Å². The molecule has 2 aliphatic heterocycles. The number of fused-ring (bicyclic) bond motifs is 1. The van der Waals surface area contributed by atoms with Gasteiger partial charge >= 0.3 is 0 Å². The van der Waals surface area contributed by atoms with Gasteiger partial charge < -0.3 is 15.3 Å². The minimum atomic E-state index is -1.27. The fourth-order valence-electron chi connectivity index (χ4n) is 4.89. The fourth-order valence-corrected chi connectivity index (χ4v) is 6.38. The van der Waals surface area contributed by atoms with Crippen molar-refractivity contribution in [1.29, 1.82) is 5.26 Å². The molecule has 0 bridgehead atoms. The summed E-state index contributed by atoms with van der Waals surface area (Å²) < 4.78 is 28.0. The van der Waals surface area contributed by atoms with Gasteiger partial charge in [-0.1, -0.05) is 11.6 Å². The highest BCUT2D eigenvalue weighted by molar-refractivity contribution is 7.85. The number of piperidine rings is 1. The Morgan fingerprint density at radius 3 is 2.76 bits per heavy atom. The van der Waals surface area contributed by atoms with Crippen LogP contribution in [0, 0.1) is 11.3 Å². The Labute approximate surface area is 198 Å². The maximum atomic E-state index is 15.3. The molecule has 8 nitrogen and oxygen atoms in total. The van der Waals surface area contributed by atoms with Crippen LogP contribution >= 0.6 is 11.6 Å². The molecule has 2 fully saturated rings. The summed E-state index contributed by atoms with van der Waals surface area (Å²) in [5, 5.41) is 23.6. The molecule has 0 amide bonds. The number of hydrogen-bond donors (Lipinski definition) is 2. The SMILES string of the molecule is N#Cc1c(N2CCC(c3ncc(Cl)cn3)C(F)C2)nc(NC2(CO)CCC2)c2c1CC[S@]2=O. The van der Waals surface area contributed by atoms with E-state index >= 15 is 4.39 Å². The molecule has 11 heteroatoms. The van der Waals surface area contributed by atoms with E-state index in [4.69, 9.17) is 16.6 Å². The second-order valence-electron chi connectivity index (χ2n) is 8.91. The molecule has 2 unspecified atom stereocenters. The monoisotopic (exact) mass is 490 g/mol. The van der Waals surface area contributed by atoms with Gasteiger partial charge in [0, 0.05) is 24.7 Å². The van der Waals surface area contributed by atoms with Crippen molar-refractivity contribution in [2.24, 2.45) is 0 Å². The van der Waals surface area contributed by atoms with Gasteiger partial charge in [-0.15, -0.1) is 0 Å². The summed E-state index contributed by atoms with van der Waals surface area (Å²) >= 11 is 5.86. The van der Waals surface area contributed by atoms with E-state index in [-0.39, 0.29) is 13.2 Å². The topological polar surface area (TPSA) is 115 Å². The number of nitrogens with zero attached hydrogens (tertiary/aromatic N) is 5. The normalized spacial score (nSPS) is 25.8. The molecule has 2 aromatic rings. The smallest absolute Gasteiger partial charge is 0.149 e. The number of rotatable bonds is 5. The largest absolute Gasteiger partial charge is 0.394 e. The predicted molar refractivity (Wildman–Crippen MR) is 123 cm³/mol. The molecule has 0 spiro atoms. The van der Waals surface area contributed by atoms with Crippen LogP contribution in [0.2, 0.25) is 5.02 Å². The molecule has 33 heavy (non-hydrogen) atoms. The van der Waals surface area contributed by atoms with Gasteiger partial charge in [0.25, 0.3) is 0 Å². The first kappa shape index (κ1) is 22.4. The van der Waals surface area contributed by atoms with Gasteiger partial charge in [-0.25, -0.2) is 19.3 Å². The number of aliphatic hydroxyl groups is 1. The van der Waals surface area contributed by atoms with Crippen LogP contribution in [0.5, 0.6) is 0 Å². The van der Waals surface area contributed by atoms with E-state index < -0.39 is 28.4 Å². The first-order valence-corrected chi connectivity index (χ1v) is 12.8. The number of nitrogens with one attached hydrogen (secondary N) is 1. The van der Waals surface area contributed by atoms with Crippen molar-refractivity contribution in [3.05, 3.63) is 34.4 Å². The number of aromatic nitrogens is 3. The van der Waals surface area contributed by atoms with Crippen LogP contribution in [0.4, 0.5) is 16.0 Å². The molecule has 2 aromatic heterocycles. The van der Waals surface area contributed by atoms with Crippen LogP contribution in [-0.2, 0) is 17.2 Å². The minimum Gasteiger partial charge on any atom is -0.394 e. The summed E-state index contributed by atoms with van der Waals surface area (Å²) in [6.07, 6.45) is 5.23. The van der Waals surface area contributed by atoms with E-state index in [1.807, 2.05) is 0 Å². The molecule has 1 aliphatic carbocycles. The molecule has 4 heterocycles. The summed E-state index contributed by atoms with van der Waals surface area (Å²) in [5.74, 6) is 1.24. The Balaban J connectivity index is 1.48. The zero-order valence-corrected chi connectivity index (χ0v) is 19.5. The molecular weight excluding hydrogens is 467 g/mol. The lowest BCUT2D eigenvalue weighted by Crippen LogP contribution is -2.49. The number of nitriles is 1. The second kappa shape index (κ2) is 8.78. The van der Waals surface area contributed by atoms with Crippen molar-refractivity contribution < 1.29 is 13.7 Å². The van der Waals surface area contributed by atoms with E-state index in [0.717, 1.165) is 19.3 Å². The summed E-state index contributed by atoms with van der Waals surface area (Å²) in [5.41, 5.74) is 0.594. The third-order valence-electron chi connectivity index (χ3n) is 6.92. The van der Waals surface area contributed by atoms with Gasteiger partial charge in [-0.3, -0.25) is 4.21 Å². The third-order valence-corrected chi connectivity index (χ3v) is 8.58. The summed E-state index contributed by atoms with van der Waals surface area (Å²) in [7, 11) is -1.27. The number of halogens is 2. The summed E-state index contributed by atoms with van der Waals surface area (Å²) in [6.45, 7) is 0.473. The van der Waals surface area contributed by atoms with E-state index in [9.17, 15) is 14.6 Å². The van der Waals surface area contributed by atoms with Gasteiger partial charge in [-0.05, 0) is 37.7 Å². The van der Waals surface area contributed by atoms with Gasteiger partial charge in [0.05, 0.1) is 50.9 Å². The standard InChI is InChI=1S/C22H24ClFN6O2S/c23-13-9-26-19(27-10-13)15-2-6-30(11-17(15)24)21-16(8-25)14-3-7-33(32)18(14)20(28-21)29-22(12-31)4-1-5-22/h9-10,15,17,31H,1-7,11-12H2,(H,28,29)/t15?,17?,33-/m1/s1. The first-order valence-electron chi connectivity index (χ1n) is 11.1. The fraction of sp³-hybridized carbons (Fsp3) is 0.545. The van der Waals surface area contributed by atoms with Crippen LogP contribution in [0.25, 0.3) is 0 Å². The molecule has 2 N–H and O–H groups in total. The molecule has 3 atom stereocenters. The molecule has 174 valence electrons. The number of anilines is 2. The van der Waals surface area contributed by atoms with E-state index in [2.05, 4.69) is 21.4 Å². The number of alkyl halides is 1. The average molecular weight is 491 g/mol. The molecule has 3 aliphatic rings. The summed E-state index contributed by atoms with van der Waals surface area (Å²) in [4.78, 5) is 15.4. The number of pyridine rings is 1. The van der Waals surface area contributed by atoms with Crippen LogP contribution in [-0.4, -0.2) is 61.4 Å². The van der Waals surface area contributed by atoms with Crippen LogP contribution in [0.3, 0.4) is 0 Å². The quantitative estimate of drug-likeness (QED) is 0.657. The maximum Gasteiger partial charge on any atom is 0.149 e. The van der Waals surface area contributed by atoms with Gasteiger partial charge in [0.15, 0.2) is 0 Å². The summed E-state index contributed by atoms with van der Waals surface area (Å²) in [6, 6.07) is 2.23. The lowest BCUT2D eigenvalue weighted by atomic mass is 9.77. The first-order chi connectivity index (χ1) is 15.9. The van der Waals surface area contributed by atoms with Crippen LogP contribution in [0.15, 0.2) is 17.3 Å². The predicted octanol–water partition coefficient (Wildman–Crippen LogP) is 2.72. The minimum absolute atomic E-state index is 0.0464. The molecule has 1 saturated carbocycles. The van der Waals surface area contributed by atoms with Crippen molar-refractivity contribution in [3.8, 4) is 6.07 Å². The van der Waals surface area contributed by atoms with Crippen LogP contribution < -0.4 is 10.2 Å². The Hall–Kier alpha value is -2.35. The molecule has 0 aromatic carbocycles. The van der Waals surface area contributed by atoms with Gasteiger partial charge in [0.1, 0.15) is 29.7 Å². The lowest BCUT2D eigenvalue weighted by molar-refractivity contribution is 0.143. The van der Waals surface area contributed by atoms with Crippen molar-refractivity contribution in [3.63, 3.8) is 0 Å². The highest BCUT2D eigenvalue weighted by Crippen LogP contribution is 2.42. The highest BCUT2D eigenvalue weighted by Gasteiger charge is 2.40. The van der Waals surface area contributed by atoms with Crippen molar-refractivity contribution in [2.45, 2.75) is 54.6 Å². The molecule has 5 rings (SSSR count). The van der Waals surface area contributed by atoms with E-state index in [1.165, 1.54) is 12.4 Å². The Morgan fingerprint density at radius 1 is 1.39 bits per heavy atom.